The molecular weight excluding hydrogens is 348 g/mol. The number of anilines is 1. The minimum atomic E-state index is -1.63. The monoisotopic (exact) mass is 358 g/mol. The number of carboxylic acid groups (broad SMARTS) is 2. The molecule has 0 bridgehead atoms. The van der Waals surface area contributed by atoms with E-state index in [-0.39, 0.29) is 17.1 Å². The number of nitrogens with one attached hydrogen (secondary N) is 1. The quantitative estimate of drug-likeness (QED) is 0.504. The summed E-state index contributed by atoms with van der Waals surface area (Å²) in [5.41, 5.74) is -1.25. The van der Waals surface area contributed by atoms with Crippen LogP contribution in [0.4, 0.5) is 11.4 Å². The standard InChI is InChI=1S/C16H12N2O8/c19-14(8-26-13-3-1-2-12(7-13)18(24)25)17-11-5-9(15(20)21)4-10(6-11)16(22)23/h1-7H,8H2,(H,17,19)(H,20,21)(H,22,23)/p-2. The van der Waals surface area contributed by atoms with Crippen molar-refractivity contribution in [3.05, 3.63) is 63.7 Å². The highest BCUT2D eigenvalue weighted by Crippen LogP contribution is 2.19. The van der Waals surface area contributed by atoms with Crippen LogP contribution in [0.5, 0.6) is 5.75 Å². The zero-order valence-corrected chi connectivity index (χ0v) is 13.0. The third-order valence-electron chi connectivity index (χ3n) is 3.09. The zero-order chi connectivity index (χ0) is 19.3. The number of non-ortho nitro benzene ring substituents is 1. The Kier molecular flexibility index (Phi) is 5.48. The van der Waals surface area contributed by atoms with Gasteiger partial charge in [-0.05, 0) is 35.4 Å². The maximum absolute atomic E-state index is 11.9. The predicted molar refractivity (Wildman–Crippen MR) is 82.3 cm³/mol. The molecule has 0 aliphatic rings. The molecule has 0 saturated heterocycles. The van der Waals surface area contributed by atoms with E-state index < -0.39 is 40.5 Å². The van der Waals surface area contributed by atoms with Gasteiger partial charge in [0.1, 0.15) is 5.75 Å². The van der Waals surface area contributed by atoms with Crippen molar-refractivity contribution in [3.8, 4) is 5.75 Å². The summed E-state index contributed by atoms with van der Waals surface area (Å²) in [5.74, 6) is -3.92. The first-order valence-corrected chi connectivity index (χ1v) is 7.01. The molecule has 134 valence electrons. The topological polar surface area (TPSA) is 162 Å². The van der Waals surface area contributed by atoms with Crippen LogP contribution in [0.2, 0.25) is 0 Å². The minimum Gasteiger partial charge on any atom is -0.545 e. The van der Waals surface area contributed by atoms with Gasteiger partial charge in [-0.1, -0.05) is 6.07 Å². The summed E-state index contributed by atoms with van der Waals surface area (Å²) >= 11 is 0. The number of amides is 1. The van der Waals surface area contributed by atoms with E-state index in [9.17, 15) is 34.7 Å². The summed E-state index contributed by atoms with van der Waals surface area (Å²) in [4.78, 5) is 43.7. The number of rotatable bonds is 7. The van der Waals surface area contributed by atoms with Crippen molar-refractivity contribution >= 4 is 29.2 Å². The lowest BCUT2D eigenvalue weighted by molar-refractivity contribution is -0.384. The van der Waals surface area contributed by atoms with E-state index in [1.807, 2.05) is 0 Å². The molecule has 0 saturated carbocycles. The van der Waals surface area contributed by atoms with E-state index in [0.29, 0.717) is 0 Å². The fourth-order valence-electron chi connectivity index (χ4n) is 1.97. The highest BCUT2D eigenvalue weighted by atomic mass is 16.6. The molecule has 10 nitrogen and oxygen atoms in total. The van der Waals surface area contributed by atoms with E-state index in [2.05, 4.69) is 5.32 Å². The molecule has 1 N–H and O–H groups in total. The number of nitro groups is 1. The van der Waals surface area contributed by atoms with E-state index in [4.69, 9.17) is 4.74 Å². The van der Waals surface area contributed by atoms with Crippen molar-refractivity contribution in [1.29, 1.82) is 0 Å². The van der Waals surface area contributed by atoms with E-state index in [1.165, 1.54) is 18.2 Å². The fraction of sp³-hybridized carbons (Fsp3) is 0.0625. The molecule has 0 aliphatic carbocycles. The van der Waals surface area contributed by atoms with Gasteiger partial charge < -0.3 is 29.9 Å². The fourth-order valence-corrected chi connectivity index (χ4v) is 1.97. The van der Waals surface area contributed by atoms with Gasteiger partial charge >= 0.3 is 0 Å². The third-order valence-corrected chi connectivity index (χ3v) is 3.09. The summed E-state index contributed by atoms with van der Waals surface area (Å²) < 4.78 is 5.11. The number of nitro benzene ring substituents is 1. The van der Waals surface area contributed by atoms with Crippen molar-refractivity contribution < 1.29 is 34.3 Å². The van der Waals surface area contributed by atoms with E-state index in [1.54, 1.807) is 0 Å². The van der Waals surface area contributed by atoms with Crippen LogP contribution in [-0.2, 0) is 4.79 Å². The van der Waals surface area contributed by atoms with Crippen molar-refractivity contribution in [2.75, 3.05) is 11.9 Å². The van der Waals surface area contributed by atoms with E-state index >= 15 is 0 Å². The van der Waals surface area contributed by atoms with Gasteiger partial charge in [-0.2, -0.15) is 0 Å². The lowest BCUT2D eigenvalue weighted by Crippen LogP contribution is -2.27. The van der Waals surface area contributed by atoms with Crippen molar-refractivity contribution in [2.24, 2.45) is 0 Å². The number of carboxylic acids is 2. The molecule has 26 heavy (non-hydrogen) atoms. The molecule has 0 fully saturated rings. The molecule has 10 heteroatoms. The second-order valence-electron chi connectivity index (χ2n) is 4.97. The third kappa shape index (κ3) is 4.77. The number of hydrogen-bond donors (Lipinski definition) is 1. The summed E-state index contributed by atoms with van der Waals surface area (Å²) in [6.07, 6.45) is 0. The minimum absolute atomic E-state index is 0.0771. The van der Waals surface area contributed by atoms with Crippen LogP contribution in [0.3, 0.4) is 0 Å². The normalized spacial score (nSPS) is 10.0. The summed E-state index contributed by atoms with van der Waals surface area (Å²) in [5, 5.41) is 34.7. The number of benzene rings is 2. The van der Waals surface area contributed by atoms with Gasteiger partial charge in [-0.25, -0.2) is 0 Å². The number of carbonyl (C=O) groups is 3. The Balaban J connectivity index is 2.08. The first-order valence-electron chi connectivity index (χ1n) is 7.01. The smallest absolute Gasteiger partial charge is 0.273 e. The number of carbonyl (C=O) groups excluding carboxylic acids is 3. The first-order chi connectivity index (χ1) is 12.3. The van der Waals surface area contributed by atoms with Gasteiger partial charge in [-0.3, -0.25) is 14.9 Å². The Labute approximate surface area is 145 Å². The average Bonchev–Trinajstić information content (AvgIpc) is 2.59. The van der Waals surface area contributed by atoms with Gasteiger partial charge in [0.15, 0.2) is 6.61 Å². The Morgan fingerprint density at radius 2 is 1.62 bits per heavy atom. The van der Waals surface area contributed by atoms with Crippen LogP contribution in [0, 0.1) is 10.1 Å². The molecule has 0 atom stereocenters. The van der Waals surface area contributed by atoms with Crippen LogP contribution in [0.15, 0.2) is 42.5 Å². The molecule has 0 spiro atoms. The molecule has 1 amide bonds. The Bertz CT molecular complexity index is 861. The predicted octanol–water partition coefficient (Wildman–Crippen LogP) is -0.661. The van der Waals surface area contributed by atoms with Crippen molar-refractivity contribution in [1.82, 2.24) is 0 Å². The SMILES string of the molecule is O=C(COc1cccc([N+](=O)[O-])c1)Nc1cc(C(=O)[O-])cc(C(=O)[O-])c1. The van der Waals surface area contributed by atoms with Crippen LogP contribution in [-0.4, -0.2) is 29.4 Å². The number of hydrogen-bond acceptors (Lipinski definition) is 8. The Morgan fingerprint density at radius 3 is 2.15 bits per heavy atom. The second kappa shape index (κ2) is 7.75. The lowest BCUT2D eigenvalue weighted by Gasteiger charge is -2.12. The molecule has 0 radical (unpaired) electrons. The van der Waals surface area contributed by atoms with Crippen molar-refractivity contribution in [2.45, 2.75) is 0 Å². The Hall–Kier alpha value is -3.95. The number of nitrogens with zero attached hydrogens (tertiary/aromatic N) is 1. The summed E-state index contributed by atoms with van der Waals surface area (Å²) in [6, 6.07) is 8.00. The van der Waals surface area contributed by atoms with Crippen LogP contribution >= 0.6 is 0 Å². The maximum Gasteiger partial charge on any atom is 0.273 e. The molecule has 0 unspecified atom stereocenters. The van der Waals surface area contributed by atoms with Crippen LogP contribution in [0.1, 0.15) is 20.7 Å². The molecule has 2 rings (SSSR count). The van der Waals surface area contributed by atoms with Crippen molar-refractivity contribution in [3.63, 3.8) is 0 Å². The largest absolute Gasteiger partial charge is 0.545 e. The molecule has 2 aromatic rings. The first kappa shape index (κ1) is 18.4. The Morgan fingerprint density at radius 1 is 1.00 bits per heavy atom. The molecule has 0 heterocycles. The highest BCUT2D eigenvalue weighted by Gasteiger charge is 2.10. The molecular formula is C16H10N2O8-2. The molecule has 0 aromatic heterocycles. The van der Waals surface area contributed by atoms with Gasteiger partial charge in [0, 0.05) is 11.8 Å². The number of ether oxygens (including phenoxy) is 1. The second-order valence-corrected chi connectivity index (χ2v) is 4.97. The van der Waals surface area contributed by atoms with Gasteiger partial charge in [-0.15, -0.1) is 0 Å². The van der Waals surface area contributed by atoms with Crippen LogP contribution in [0.25, 0.3) is 0 Å². The number of aromatic carboxylic acids is 2. The van der Waals surface area contributed by atoms with E-state index in [0.717, 1.165) is 24.3 Å². The maximum atomic E-state index is 11.9. The van der Waals surface area contributed by atoms with Gasteiger partial charge in [0.2, 0.25) is 0 Å². The van der Waals surface area contributed by atoms with Gasteiger partial charge in [0.25, 0.3) is 11.6 Å². The molecule has 2 aromatic carbocycles. The molecule has 0 aliphatic heterocycles. The highest BCUT2D eigenvalue weighted by molar-refractivity contribution is 5.97. The van der Waals surface area contributed by atoms with Crippen LogP contribution < -0.4 is 20.3 Å². The zero-order valence-electron chi connectivity index (χ0n) is 13.0. The summed E-state index contributed by atoms with van der Waals surface area (Å²) in [7, 11) is 0. The van der Waals surface area contributed by atoms with Gasteiger partial charge in [0.05, 0.1) is 22.9 Å². The lowest BCUT2D eigenvalue weighted by atomic mass is 10.1. The summed E-state index contributed by atoms with van der Waals surface area (Å²) in [6.45, 7) is -0.544. The average molecular weight is 358 g/mol.